The van der Waals surface area contributed by atoms with Gasteiger partial charge in [-0.3, -0.25) is 0 Å². The molecule has 0 aromatic rings. The van der Waals surface area contributed by atoms with Gasteiger partial charge in [0.1, 0.15) is 0 Å². The Morgan fingerprint density at radius 1 is 0.538 bits per heavy atom. The summed E-state index contributed by atoms with van der Waals surface area (Å²) in [6.45, 7) is 0. The fraction of sp³-hybridized carbons (Fsp3) is 0. The van der Waals surface area contributed by atoms with Crippen molar-refractivity contribution in [3.63, 3.8) is 0 Å². The molecular weight excluding hydrogens is 391 g/mol. The first-order valence-electron chi connectivity index (χ1n) is 1.46. The molecule has 0 aliphatic rings. The first-order chi connectivity index (χ1) is 5.66. The van der Waals surface area contributed by atoms with Crippen molar-refractivity contribution in [1.82, 2.24) is 0 Å². The third-order valence-electron chi connectivity index (χ3n) is 0. The molecule has 0 fully saturated rings. The molecule has 0 atom stereocenters. The molecule has 0 aliphatic heterocycles. The Hall–Kier alpha value is -1.48. The molecule has 4 radical (unpaired) electrons. The van der Waals surface area contributed by atoms with Crippen molar-refractivity contribution in [1.29, 1.82) is 0 Å². The van der Waals surface area contributed by atoms with E-state index in [1.807, 2.05) is 0 Å². The van der Waals surface area contributed by atoms with Crippen LogP contribution in [0, 0.1) is 40.5 Å². The Bertz CT molecular complexity index is 70.1. The monoisotopic (exact) mass is 392 g/mol. The third kappa shape index (κ3) is 350. The van der Waals surface area contributed by atoms with Gasteiger partial charge in [0.2, 0.25) is 0 Å². The van der Waals surface area contributed by atoms with Crippen molar-refractivity contribution in [2.75, 3.05) is 0 Å². The van der Waals surface area contributed by atoms with Gasteiger partial charge in [-0.2, -0.15) is 0 Å². The molecule has 13 heavy (non-hydrogen) atoms. The van der Waals surface area contributed by atoms with Gasteiger partial charge < -0.3 is 40.5 Å². The van der Waals surface area contributed by atoms with E-state index in [2.05, 4.69) is 0 Å². The van der Waals surface area contributed by atoms with E-state index >= 15 is 0 Å². The van der Waals surface area contributed by atoms with Gasteiger partial charge >= 0.3 is 0 Å². The van der Waals surface area contributed by atoms with Crippen LogP contribution >= 0.6 is 0 Å². The van der Waals surface area contributed by atoms with E-state index in [1.165, 1.54) is 0 Å². The van der Waals surface area contributed by atoms with E-state index in [9.17, 15) is 0 Å². The summed E-state index contributed by atoms with van der Waals surface area (Å²) in [5.74, 6) is 0. The van der Waals surface area contributed by atoms with Gasteiger partial charge in [-0.05, 0) is 0 Å². The van der Waals surface area contributed by atoms with Gasteiger partial charge in [0.05, 0.1) is 0 Å². The summed E-state index contributed by atoms with van der Waals surface area (Å²) in [7, 11) is 0. The van der Waals surface area contributed by atoms with Crippen LogP contribution in [0.5, 0.6) is 0 Å². The third-order valence-corrected chi connectivity index (χ3v) is 0. The first-order valence-corrected chi connectivity index (χ1v) is 1.46. The minimum Gasteiger partial charge on any atom is -0.444 e. The maximum absolute atomic E-state index is 8.00. The van der Waals surface area contributed by atoms with Crippen molar-refractivity contribution < 1.29 is 0 Å². The minimum atomic E-state index is 0. The Labute approximate surface area is 89.4 Å². The predicted molar refractivity (Wildman–Crippen MR) is 42.4 cm³/mol. The molecule has 0 saturated heterocycles. The minimum absolute atomic E-state index is 0. The Morgan fingerprint density at radius 3 is 0.538 bits per heavy atom. The van der Waals surface area contributed by atoms with E-state index in [0.29, 0.717) is 0 Å². The number of hydrogen-bond acceptors (Lipinski definition) is 12. The van der Waals surface area contributed by atoms with Crippen LogP contribution in [0.2, 0.25) is 0 Å². The van der Waals surface area contributed by atoms with Crippen LogP contribution in [0.25, 0.3) is 0 Å². The summed E-state index contributed by atoms with van der Waals surface area (Å²) in [6, 6.07) is 0. The average Bonchev–Trinajstić information content (AvgIpc) is 1.92. The fourth-order valence-corrected chi connectivity index (χ4v) is 0. The van der Waals surface area contributed by atoms with Crippen molar-refractivity contribution in [3.8, 4) is 0 Å². The Balaban J connectivity index is -0.0000000213. The average molecular weight is 391 g/mol. The normalized spacial score (nSPS) is 3.69. The van der Waals surface area contributed by atoms with E-state index in [1.54, 1.807) is 0 Å². The maximum atomic E-state index is 8.00. The summed E-state index contributed by atoms with van der Waals surface area (Å²) >= 11 is 0. The molecule has 76 valence electrons. The van der Waals surface area contributed by atoms with Crippen molar-refractivity contribution in [3.05, 3.63) is 40.5 Å². The molecule has 0 bridgehead atoms. The molecule has 12 nitrogen and oxygen atoms in total. The van der Waals surface area contributed by atoms with Crippen molar-refractivity contribution in [2.24, 2.45) is 21.4 Å². The molecule has 0 spiro atoms. The molecule has 0 aromatic heterocycles. The SMILES string of the molecule is O=N[O-].O=N[O-].O=N[O-].O=N[O-].[Pb]. The fourth-order valence-electron chi connectivity index (χ4n) is 0. The maximum Gasteiger partial charge on any atom is 0 e. The number of rotatable bonds is 0. The number of nitrogens with zero attached hydrogens (tertiary/aromatic N) is 4. The predicted octanol–water partition coefficient (Wildman–Crippen LogP) is 0.622. The zero-order valence-electron chi connectivity index (χ0n) is 5.55. The topological polar surface area (TPSA) is 210 Å². The molecular formula is N4O8Pb-4. The van der Waals surface area contributed by atoms with Crippen LogP contribution in [0.1, 0.15) is 0 Å². The van der Waals surface area contributed by atoms with Gasteiger partial charge in [0.15, 0.2) is 0 Å². The van der Waals surface area contributed by atoms with Gasteiger partial charge in [-0.15, -0.1) is 21.4 Å². The zero-order valence-corrected chi connectivity index (χ0v) is 9.44. The second-order valence-electron chi connectivity index (χ2n) is 0.298. The Morgan fingerprint density at radius 2 is 0.538 bits per heavy atom. The molecule has 0 saturated carbocycles. The van der Waals surface area contributed by atoms with Crippen molar-refractivity contribution in [2.45, 2.75) is 0 Å². The number of hydrogen-bond donors (Lipinski definition) is 0. The van der Waals surface area contributed by atoms with Gasteiger partial charge in [-0.1, -0.05) is 0 Å². The summed E-state index contributed by atoms with van der Waals surface area (Å²) in [6.07, 6.45) is 0. The molecule has 0 heterocycles. The molecule has 0 aromatic carbocycles. The van der Waals surface area contributed by atoms with E-state index in [4.69, 9.17) is 40.5 Å². The van der Waals surface area contributed by atoms with Crippen LogP contribution in [0.3, 0.4) is 0 Å². The molecule has 0 rings (SSSR count). The summed E-state index contributed by atoms with van der Waals surface area (Å²) in [4.78, 5) is 32.0. The standard InChI is InChI=1S/4HNO2.Pb/c4*2-1-3;/h4*(H,2,3);/p-4. The largest absolute Gasteiger partial charge is 0.444 e. The summed E-state index contributed by atoms with van der Waals surface area (Å²) in [5.41, 5.74) is 0. The van der Waals surface area contributed by atoms with E-state index < -0.39 is 0 Å². The molecule has 0 aliphatic carbocycles. The second kappa shape index (κ2) is 150. The van der Waals surface area contributed by atoms with Crippen LogP contribution in [-0.4, -0.2) is 27.3 Å². The van der Waals surface area contributed by atoms with Gasteiger partial charge in [0.25, 0.3) is 0 Å². The zero-order chi connectivity index (χ0) is 10.8. The molecule has 0 N–H and O–H groups in total. The summed E-state index contributed by atoms with van der Waals surface area (Å²) in [5, 5.41) is 36.0. The second-order valence-corrected chi connectivity index (χ2v) is 0.298. The van der Waals surface area contributed by atoms with Gasteiger partial charge in [-0.25, -0.2) is 0 Å². The van der Waals surface area contributed by atoms with Gasteiger partial charge in [0, 0.05) is 27.3 Å². The van der Waals surface area contributed by atoms with Crippen LogP contribution in [-0.2, 0) is 0 Å². The van der Waals surface area contributed by atoms with E-state index in [0.717, 1.165) is 21.4 Å². The Kier molecular flexibility index (Phi) is 346. The van der Waals surface area contributed by atoms with Crippen molar-refractivity contribution >= 4 is 27.3 Å². The van der Waals surface area contributed by atoms with Crippen LogP contribution in [0.4, 0.5) is 0 Å². The van der Waals surface area contributed by atoms with Crippen LogP contribution in [0.15, 0.2) is 21.4 Å². The van der Waals surface area contributed by atoms with Crippen LogP contribution < -0.4 is 0 Å². The molecule has 0 unspecified atom stereocenters. The molecule has 0 amide bonds. The first kappa shape index (κ1) is 30.0. The van der Waals surface area contributed by atoms with E-state index in [-0.39, 0.29) is 27.3 Å². The quantitative estimate of drug-likeness (QED) is 0.323. The summed E-state index contributed by atoms with van der Waals surface area (Å²) < 4.78 is 0. The smallest absolute Gasteiger partial charge is 0 e. The molecule has 13 heteroatoms.